The average Bonchev–Trinajstić information content (AvgIpc) is 2.56. The summed E-state index contributed by atoms with van der Waals surface area (Å²) >= 11 is 0. The fourth-order valence-electron chi connectivity index (χ4n) is 3.36. The average molecular weight is 287 g/mol. The van der Waals surface area contributed by atoms with E-state index in [-0.39, 0.29) is 0 Å². The van der Waals surface area contributed by atoms with Crippen molar-refractivity contribution in [2.24, 2.45) is 0 Å². The minimum absolute atomic E-state index is 0.689. The zero-order valence-corrected chi connectivity index (χ0v) is 13.1. The standard InChI is InChI=1S/C17H25N3O/c1-13-11-15(18-2)12-19-17(13)14-3-5-16(6-4-14)20-7-9-21-10-8-20/h3,11-12,16,18H,4-10H2,1-2H3. The maximum absolute atomic E-state index is 5.45. The van der Waals surface area contributed by atoms with Crippen LogP contribution in [-0.4, -0.2) is 49.3 Å². The Morgan fingerprint density at radius 3 is 2.76 bits per heavy atom. The summed E-state index contributed by atoms with van der Waals surface area (Å²) in [6.45, 7) is 6.10. The van der Waals surface area contributed by atoms with Gasteiger partial charge < -0.3 is 10.1 Å². The largest absolute Gasteiger partial charge is 0.387 e. The molecule has 21 heavy (non-hydrogen) atoms. The Kier molecular flexibility index (Phi) is 4.56. The van der Waals surface area contributed by atoms with Crippen LogP contribution in [0.5, 0.6) is 0 Å². The number of hydrogen-bond acceptors (Lipinski definition) is 4. The summed E-state index contributed by atoms with van der Waals surface area (Å²) < 4.78 is 5.45. The van der Waals surface area contributed by atoms with E-state index < -0.39 is 0 Å². The van der Waals surface area contributed by atoms with Gasteiger partial charge in [0.05, 0.1) is 30.8 Å². The van der Waals surface area contributed by atoms with Crippen LogP contribution in [0.1, 0.15) is 30.5 Å². The van der Waals surface area contributed by atoms with Gasteiger partial charge in [-0.05, 0) is 43.4 Å². The molecule has 114 valence electrons. The van der Waals surface area contributed by atoms with Gasteiger partial charge in [-0.2, -0.15) is 0 Å². The normalized spacial score (nSPS) is 23.7. The number of allylic oxidation sites excluding steroid dienone is 1. The van der Waals surface area contributed by atoms with E-state index in [1.165, 1.54) is 23.3 Å². The minimum Gasteiger partial charge on any atom is -0.387 e. The van der Waals surface area contributed by atoms with Crippen LogP contribution in [0.4, 0.5) is 5.69 Å². The summed E-state index contributed by atoms with van der Waals surface area (Å²) in [5.74, 6) is 0. The van der Waals surface area contributed by atoms with Gasteiger partial charge in [0.25, 0.3) is 0 Å². The van der Waals surface area contributed by atoms with Crippen molar-refractivity contribution in [3.05, 3.63) is 29.6 Å². The number of hydrogen-bond donors (Lipinski definition) is 1. The molecule has 1 aliphatic carbocycles. The molecule has 2 heterocycles. The van der Waals surface area contributed by atoms with Gasteiger partial charge in [-0.15, -0.1) is 0 Å². The lowest BCUT2D eigenvalue weighted by Crippen LogP contribution is -2.43. The fraction of sp³-hybridized carbons (Fsp3) is 0.588. The molecule has 1 aliphatic heterocycles. The summed E-state index contributed by atoms with van der Waals surface area (Å²) in [5.41, 5.74) is 4.94. The molecular weight excluding hydrogens is 262 g/mol. The fourth-order valence-corrected chi connectivity index (χ4v) is 3.36. The third-order valence-electron chi connectivity index (χ3n) is 4.62. The molecule has 2 aliphatic rings. The summed E-state index contributed by atoms with van der Waals surface area (Å²) in [6, 6.07) is 2.87. The van der Waals surface area contributed by atoms with E-state index in [0.717, 1.165) is 44.8 Å². The molecule has 4 heteroatoms. The van der Waals surface area contributed by atoms with E-state index in [1.54, 1.807) is 0 Å². The van der Waals surface area contributed by atoms with Crippen LogP contribution in [0.2, 0.25) is 0 Å². The topological polar surface area (TPSA) is 37.4 Å². The van der Waals surface area contributed by atoms with Crippen molar-refractivity contribution in [1.29, 1.82) is 0 Å². The van der Waals surface area contributed by atoms with E-state index in [0.29, 0.717) is 6.04 Å². The summed E-state index contributed by atoms with van der Waals surface area (Å²) in [4.78, 5) is 7.23. The second-order valence-corrected chi connectivity index (χ2v) is 5.95. The minimum atomic E-state index is 0.689. The van der Waals surface area contributed by atoms with Crippen LogP contribution >= 0.6 is 0 Å². The van der Waals surface area contributed by atoms with E-state index in [2.05, 4.69) is 34.3 Å². The van der Waals surface area contributed by atoms with Gasteiger partial charge in [0.1, 0.15) is 0 Å². The van der Waals surface area contributed by atoms with Crippen molar-refractivity contribution >= 4 is 11.3 Å². The van der Waals surface area contributed by atoms with Gasteiger partial charge >= 0.3 is 0 Å². The summed E-state index contributed by atoms with van der Waals surface area (Å²) in [7, 11) is 1.93. The Morgan fingerprint density at radius 2 is 2.14 bits per heavy atom. The second-order valence-electron chi connectivity index (χ2n) is 5.95. The van der Waals surface area contributed by atoms with Crippen molar-refractivity contribution in [2.45, 2.75) is 32.2 Å². The highest BCUT2D eigenvalue weighted by Crippen LogP contribution is 2.30. The Hall–Kier alpha value is -1.39. The Morgan fingerprint density at radius 1 is 1.33 bits per heavy atom. The molecule has 0 bridgehead atoms. The van der Waals surface area contributed by atoms with Gasteiger partial charge in [0.2, 0.25) is 0 Å². The van der Waals surface area contributed by atoms with Crippen LogP contribution in [0.25, 0.3) is 5.57 Å². The summed E-state index contributed by atoms with van der Waals surface area (Å²) in [5, 5.41) is 3.15. The molecule has 0 amide bonds. The maximum Gasteiger partial charge on any atom is 0.0689 e. The molecule has 1 aromatic heterocycles. The first-order valence-corrected chi connectivity index (χ1v) is 7.93. The molecule has 1 atom stereocenters. The van der Waals surface area contributed by atoms with Gasteiger partial charge in [-0.3, -0.25) is 9.88 Å². The van der Waals surface area contributed by atoms with Crippen molar-refractivity contribution < 1.29 is 4.74 Å². The first-order valence-electron chi connectivity index (χ1n) is 7.93. The molecule has 1 fully saturated rings. The molecule has 4 nitrogen and oxygen atoms in total. The number of morpholine rings is 1. The smallest absolute Gasteiger partial charge is 0.0689 e. The Bertz CT molecular complexity index is 521. The SMILES string of the molecule is CNc1cnc(C2=CCC(N3CCOCC3)CC2)c(C)c1. The molecule has 0 saturated carbocycles. The van der Waals surface area contributed by atoms with E-state index in [1.807, 2.05) is 13.2 Å². The molecule has 0 radical (unpaired) electrons. The lowest BCUT2D eigenvalue weighted by atomic mass is 9.90. The maximum atomic E-state index is 5.45. The highest BCUT2D eigenvalue weighted by atomic mass is 16.5. The predicted molar refractivity (Wildman–Crippen MR) is 86.5 cm³/mol. The highest BCUT2D eigenvalue weighted by molar-refractivity contribution is 5.67. The lowest BCUT2D eigenvalue weighted by Gasteiger charge is -2.36. The zero-order chi connectivity index (χ0) is 14.7. The first-order chi connectivity index (χ1) is 10.3. The van der Waals surface area contributed by atoms with Crippen molar-refractivity contribution in [3.63, 3.8) is 0 Å². The third kappa shape index (κ3) is 3.27. The molecular formula is C17H25N3O. The third-order valence-corrected chi connectivity index (χ3v) is 4.62. The second kappa shape index (κ2) is 6.58. The number of nitrogens with zero attached hydrogens (tertiary/aromatic N) is 2. The van der Waals surface area contributed by atoms with E-state index >= 15 is 0 Å². The summed E-state index contributed by atoms with van der Waals surface area (Å²) in [6.07, 6.45) is 7.84. The van der Waals surface area contributed by atoms with Crippen LogP contribution in [0.15, 0.2) is 18.3 Å². The number of aromatic nitrogens is 1. The number of pyridine rings is 1. The number of rotatable bonds is 3. The number of nitrogens with one attached hydrogen (secondary N) is 1. The van der Waals surface area contributed by atoms with Crippen molar-refractivity contribution in [2.75, 3.05) is 38.7 Å². The van der Waals surface area contributed by atoms with Crippen molar-refractivity contribution in [3.8, 4) is 0 Å². The Balaban J connectivity index is 1.69. The monoisotopic (exact) mass is 287 g/mol. The molecule has 3 rings (SSSR count). The number of aryl methyl sites for hydroxylation is 1. The lowest BCUT2D eigenvalue weighted by molar-refractivity contribution is 0.0150. The van der Waals surface area contributed by atoms with E-state index in [4.69, 9.17) is 4.74 Å². The first kappa shape index (κ1) is 14.5. The van der Waals surface area contributed by atoms with Crippen LogP contribution in [0.3, 0.4) is 0 Å². The van der Waals surface area contributed by atoms with Gasteiger partial charge in [-0.25, -0.2) is 0 Å². The molecule has 1 saturated heterocycles. The van der Waals surface area contributed by atoms with Crippen LogP contribution < -0.4 is 5.32 Å². The molecule has 0 spiro atoms. The van der Waals surface area contributed by atoms with Crippen LogP contribution in [0, 0.1) is 6.92 Å². The number of anilines is 1. The van der Waals surface area contributed by atoms with Gasteiger partial charge in [-0.1, -0.05) is 6.08 Å². The quantitative estimate of drug-likeness (QED) is 0.927. The molecule has 1 aromatic rings. The highest BCUT2D eigenvalue weighted by Gasteiger charge is 2.24. The van der Waals surface area contributed by atoms with Crippen molar-refractivity contribution in [1.82, 2.24) is 9.88 Å². The molecule has 1 N–H and O–H groups in total. The van der Waals surface area contributed by atoms with Gasteiger partial charge in [0, 0.05) is 26.2 Å². The predicted octanol–water partition coefficient (Wildman–Crippen LogP) is 2.70. The number of ether oxygens (including phenoxy) is 1. The van der Waals surface area contributed by atoms with Crippen LogP contribution in [-0.2, 0) is 4.74 Å². The molecule has 0 aromatic carbocycles. The van der Waals surface area contributed by atoms with E-state index in [9.17, 15) is 0 Å². The van der Waals surface area contributed by atoms with Gasteiger partial charge in [0.15, 0.2) is 0 Å². The zero-order valence-electron chi connectivity index (χ0n) is 13.1. The molecule has 1 unspecified atom stereocenters. The Labute approximate surface area is 127 Å².